The number of hydrogen-bond acceptors (Lipinski definition) is 3. The summed E-state index contributed by atoms with van der Waals surface area (Å²) in [6, 6.07) is 0. The Bertz CT molecular complexity index is 215. The molecule has 1 aliphatic heterocycles. The van der Waals surface area contributed by atoms with E-state index in [1.165, 1.54) is 25.9 Å². The van der Waals surface area contributed by atoms with Gasteiger partial charge in [0, 0.05) is 20.0 Å². The average molecular weight is 241 g/mol. The quantitative estimate of drug-likeness (QED) is 0.694. The molecular weight excluding hydrogens is 214 g/mol. The van der Waals surface area contributed by atoms with E-state index in [4.69, 9.17) is 0 Å². The summed E-state index contributed by atoms with van der Waals surface area (Å²) in [5.74, 6) is 0.948. The molecule has 0 aromatic carbocycles. The monoisotopic (exact) mass is 241 g/mol. The molecule has 0 aromatic rings. The summed E-state index contributed by atoms with van der Waals surface area (Å²) in [5, 5.41) is 6.13. The van der Waals surface area contributed by atoms with Gasteiger partial charge < -0.3 is 15.5 Å². The second kappa shape index (κ2) is 8.48. The van der Waals surface area contributed by atoms with Crippen molar-refractivity contribution in [2.45, 2.75) is 32.6 Å². The molecule has 0 radical (unpaired) electrons. The Morgan fingerprint density at radius 3 is 2.94 bits per heavy atom. The lowest BCUT2D eigenvalue weighted by Gasteiger charge is -2.29. The van der Waals surface area contributed by atoms with E-state index in [1.54, 1.807) is 7.05 Å². The largest absolute Gasteiger partial charge is 0.359 e. The SMILES string of the molecule is CCN(CCCC(=O)NC)CC1CCCNC1. The summed E-state index contributed by atoms with van der Waals surface area (Å²) in [6.45, 7) is 7.85. The number of amides is 1. The van der Waals surface area contributed by atoms with Crippen LogP contribution < -0.4 is 10.6 Å². The van der Waals surface area contributed by atoms with E-state index < -0.39 is 0 Å². The van der Waals surface area contributed by atoms with Crippen LogP contribution in [-0.2, 0) is 4.79 Å². The summed E-state index contributed by atoms with van der Waals surface area (Å²) < 4.78 is 0. The van der Waals surface area contributed by atoms with Crippen molar-refractivity contribution >= 4 is 5.91 Å². The van der Waals surface area contributed by atoms with Gasteiger partial charge in [-0.1, -0.05) is 6.92 Å². The van der Waals surface area contributed by atoms with Gasteiger partial charge in [-0.25, -0.2) is 0 Å². The fourth-order valence-corrected chi connectivity index (χ4v) is 2.41. The van der Waals surface area contributed by atoms with Crippen LogP contribution in [0, 0.1) is 5.92 Å². The molecule has 0 aromatic heterocycles. The molecule has 1 rings (SSSR count). The molecule has 2 N–H and O–H groups in total. The van der Waals surface area contributed by atoms with E-state index in [2.05, 4.69) is 22.5 Å². The summed E-state index contributed by atoms with van der Waals surface area (Å²) >= 11 is 0. The van der Waals surface area contributed by atoms with Crippen molar-refractivity contribution in [3.05, 3.63) is 0 Å². The van der Waals surface area contributed by atoms with Gasteiger partial charge in [0.2, 0.25) is 5.91 Å². The highest BCUT2D eigenvalue weighted by Gasteiger charge is 2.15. The molecule has 0 aliphatic carbocycles. The Balaban J connectivity index is 2.16. The van der Waals surface area contributed by atoms with Crippen LogP contribution in [0.1, 0.15) is 32.6 Å². The smallest absolute Gasteiger partial charge is 0.219 e. The maximum absolute atomic E-state index is 11.1. The molecule has 1 aliphatic rings. The van der Waals surface area contributed by atoms with Crippen molar-refractivity contribution in [2.75, 3.05) is 39.8 Å². The Morgan fingerprint density at radius 2 is 2.35 bits per heavy atom. The lowest BCUT2D eigenvalue weighted by atomic mass is 9.99. The van der Waals surface area contributed by atoms with Crippen LogP contribution in [0.25, 0.3) is 0 Å². The first-order valence-corrected chi connectivity index (χ1v) is 6.90. The van der Waals surface area contributed by atoms with Crippen LogP contribution >= 0.6 is 0 Å². The van der Waals surface area contributed by atoms with E-state index in [0.717, 1.165) is 32.0 Å². The van der Waals surface area contributed by atoms with Gasteiger partial charge in [0.05, 0.1) is 0 Å². The summed E-state index contributed by atoms with van der Waals surface area (Å²) in [7, 11) is 1.70. The maximum atomic E-state index is 11.1. The third kappa shape index (κ3) is 6.03. The Morgan fingerprint density at radius 1 is 1.53 bits per heavy atom. The molecule has 100 valence electrons. The van der Waals surface area contributed by atoms with Crippen molar-refractivity contribution in [3.63, 3.8) is 0 Å². The van der Waals surface area contributed by atoms with Gasteiger partial charge in [-0.05, 0) is 51.4 Å². The highest BCUT2D eigenvalue weighted by atomic mass is 16.1. The molecule has 1 saturated heterocycles. The fraction of sp³-hybridized carbons (Fsp3) is 0.923. The van der Waals surface area contributed by atoms with E-state index in [0.29, 0.717) is 6.42 Å². The maximum Gasteiger partial charge on any atom is 0.219 e. The standard InChI is InChI=1S/C13H27N3O/c1-3-16(9-5-7-13(17)14-2)11-12-6-4-8-15-10-12/h12,15H,3-11H2,1-2H3,(H,14,17). The fourth-order valence-electron chi connectivity index (χ4n) is 2.41. The van der Waals surface area contributed by atoms with Gasteiger partial charge in [0.25, 0.3) is 0 Å². The first kappa shape index (κ1) is 14.5. The van der Waals surface area contributed by atoms with Gasteiger partial charge in [0.1, 0.15) is 0 Å². The summed E-state index contributed by atoms with van der Waals surface area (Å²) in [4.78, 5) is 13.6. The number of nitrogens with zero attached hydrogens (tertiary/aromatic N) is 1. The minimum absolute atomic E-state index is 0.153. The van der Waals surface area contributed by atoms with Crippen LogP contribution in [0.3, 0.4) is 0 Å². The molecule has 1 amide bonds. The topological polar surface area (TPSA) is 44.4 Å². The lowest BCUT2D eigenvalue weighted by molar-refractivity contribution is -0.120. The molecule has 0 saturated carbocycles. The highest BCUT2D eigenvalue weighted by Crippen LogP contribution is 2.12. The van der Waals surface area contributed by atoms with Gasteiger partial charge in [0.15, 0.2) is 0 Å². The zero-order valence-corrected chi connectivity index (χ0v) is 11.3. The first-order valence-electron chi connectivity index (χ1n) is 6.90. The van der Waals surface area contributed by atoms with Gasteiger partial charge in [-0.3, -0.25) is 4.79 Å². The zero-order chi connectivity index (χ0) is 12.5. The number of hydrogen-bond donors (Lipinski definition) is 2. The highest BCUT2D eigenvalue weighted by molar-refractivity contribution is 5.75. The number of carbonyl (C=O) groups excluding carboxylic acids is 1. The normalized spacial score (nSPS) is 20.5. The van der Waals surface area contributed by atoms with Crippen LogP contribution in [0.2, 0.25) is 0 Å². The molecule has 1 unspecified atom stereocenters. The van der Waals surface area contributed by atoms with E-state index >= 15 is 0 Å². The minimum atomic E-state index is 0.153. The predicted molar refractivity (Wildman–Crippen MR) is 71.0 cm³/mol. The number of rotatable bonds is 7. The van der Waals surface area contributed by atoms with Crippen molar-refractivity contribution in [2.24, 2.45) is 5.92 Å². The van der Waals surface area contributed by atoms with E-state index in [9.17, 15) is 4.79 Å². The number of piperidine rings is 1. The van der Waals surface area contributed by atoms with Crippen molar-refractivity contribution in [1.29, 1.82) is 0 Å². The molecule has 0 spiro atoms. The van der Waals surface area contributed by atoms with E-state index in [1.807, 2.05) is 0 Å². The number of carbonyl (C=O) groups is 1. The summed E-state index contributed by atoms with van der Waals surface area (Å²) in [5.41, 5.74) is 0. The number of nitrogens with one attached hydrogen (secondary N) is 2. The predicted octanol–water partition coefficient (Wildman–Crippen LogP) is 0.834. The third-order valence-electron chi connectivity index (χ3n) is 3.52. The average Bonchev–Trinajstić information content (AvgIpc) is 2.38. The first-order chi connectivity index (χ1) is 8.26. The second-order valence-corrected chi connectivity index (χ2v) is 4.88. The van der Waals surface area contributed by atoms with Crippen LogP contribution in [0.4, 0.5) is 0 Å². The van der Waals surface area contributed by atoms with Crippen molar-refractivity contribution < 1.29 is 4.79 Å². The molecule has 17 heavy (non-hydrogen) atoms. The third-order valence-corrected chi connectivity index (χ3v) is 3.52. The van der Waals surface area contributed by atoms with Gasteiger partial charge in [-0.2, -0.15) is 0 Å². The molecule has 4 heteroatoms. The van der Waals surface area contributed by atoms with Gasteiger partial charge >= 0.3 is 0 Å². The van der Waals surface area contributed by atoms with Crippen LogP contribution in [-0.4, -0.2) is 50.6 Å². The Kier molecular flexibility index (Phi) is 7.21. The Labute approximate surface area is 105 Å². The van der Waals surface area contributed by atoms with Gasteiger partial charge in [-0.15, -0.1) is 0 Å². The van der Waals surface area contributed by atoms with Crippen LogP contribution in [0.5, 0.6) is 0 Å². The van der Waals surface area contributed by atoms with Crippen LogP contribution in [0.15, 0.2) is 0 Å². The Hall–Kier alpha value is -0.610. The molecule has 4 nitrogen and oxygen atoms in total. The van der Waals surface area contributed by atoms with Crippen molar-refractivity contribution in [1.82, 2.24) is 15.5 Å². The molecule has 1 heterocycles. The van der Waals surface area contributed by atoms with E-state index in [-0.39, 0.29) is 5.91 Å². The van der Waals surface area contributed by atoms with Crippen molar-refractivity contribution in [3.8, 4) is 0 Å². The minimum Gasteiger partial charge on any atom is -0.359 e. The molecular formula is C13H27N3O. The zero-order valence-electron chi connectivity index (χ0n) is 11.3. The lowest BCUT2D eigenvalue weighted by Crippen LogP contribution is -2.38. The molecule has 0 bridgehead atoms. The second-order valence-electron chi connectivity index (χ2n) is 4.88. The summed E-state index contributed by atoms with van der Waals surface area (Å²) in [6.07, 6.45) is 4.27. The molecule has 1 atom stereocenters. The molecule has 1 fully saturated rings.